The number of hydrogen-bond donors (Lipinski definition) is 1. The average Bonchev–Trinajstić information content (AvgIpc) is 2.88. The van der Waals surface area contributed by atoms with Crippen molar-refractivity contribution >= 4 is 17.3 Å². The van der Waals surface area contributed by atoms with Crippen molar-refractivity contribution in [2.24, 2.45) is 0 Å². The Kier molecular flexibility index (Phi) is 4.64. The van der Waals surface area contributed by atoms with Crippen LogP contribution in [0.1, 0.15) is 16.6 Å². The van der Waals surface area contributed by atoms with Crippen molar-refractivity contribution in [1.29, 1.82) is 0 Å². The van der Waals surface area contributed by atoms with Crippen molar-refractivity contribution in [3.05, 3.63) is 32.7 Å². The van der Waals surface area contributed by atoms with Crippen molar-refractivity contribution in [2.75, 3.05) is 20.8 Å². The summed E-state index contributed by atoms with van der Waals surface area (Å²) in [7, 11) is 3.05. The summed E-state index contributed by atoms with van der Waals surface area (Å²) in [6.07, 6.45) is 0. The van der Waals surface area contributed by atoms with Gasteiger partial charge in [-0.25, -0.2) is 4.79 Å². The average molecular weight is 309 g/mol. The zero-order valence-electron chi connectivity index (χ0n) is 11.9. The van der Waals surface area contributed by atoms with Crippen molar-refractivity contribution in [3.63, 3.8) is 0 Å². The molecule has 0 saturated carbocycles. The van der Waals surface area contributed by atoms with Crippen molar-refractivity contribution in [2.45, 2.75) is 6.92 Å². The molecule has 0 aliphatic carbocycles. The van der Waals surface area contributed by atoms with E-state index in [0.29, 0.717) is 22.8 Å². The Labute approximate surface area is 125 Å². The summed E-state index contributed by atoms with van der Waals surface area (Å²) >= 11 is 0.808. The van der Waals surface area contributed by atoms with Crippen LogP contribution < -0.4 is 14.3 Å². The summed E-state index contributed by atoms with van der Waals surface area (Å²) in [5.41, 5.74) is 0.942. The summed E-state index contributed by atoms with van der Waals surface area (Å²) in [5, 5.41) is 0. The number of aromatic amines is 1. The molecule has 0 amide bonds. The Hall–Kier alpha value is -2.28. The van der Waals surface area contributed by atoms with E-state index >= 15 is 0 Å². The minimum absolute atomic E-state index is 0.216. The molecule has 0 saturated heterocycles. The van der Waals surface area contributed by atoms with Gasteiger partial charge in [0, 0.05) is 5.56 Å². The maximum Gasteiger partial charge on any atom is 0.350 e. The van der Waals surface area contributed by atoms with E-state index in [4.69, 9.17) is 14.2 Å². The quantitative estimate of drug-likeness (QED) is 0.857. The van der Waals surface area contributed by atoms with Gasteiger partial charge in [0.15, 0.2) is 0 Å². The molecule has 0 bridgehead atoms. The highest BCUT2D eigenvalue weighted by Gasteiger charge is 2.21. The van der Waals surface area contributed by atoms with E-state index in [-0.39, 0.29) is 16.4 Å². The summed E-state index contributed by atoms with van der Waals surface area (Å²) in [6, 6.07) is 5.13. The highest BCUT2D eigenvalue weighted by molar-refractivity contribution is 7.11. The normalized spacial score (nSPS) is 10.2. The number of thiazole rings is 1. The highest BCUT2D eigenvalue weighted by atomic mass is 32.1. The van der Waals surface area contributed by atoms with Crippen LogP contribution in [0.4, 0.5) is 0 Å². The lowest BCUT2D eigenvalue weighted by Gasteiger charge is -2.10. The van der Waals surface area contributed by atoms with Crippen LogP contribution in [-0.2, 0) is 4.74 Å². The first-order valence-corrected chi connectivity index (χ1v) is 7.05. The first-order valence-electron chi connectivity index (χ1n) is 6.23. The number of aromatic nitrogens is 1. The first kappa shape index (κ1) is 15.1. The van der Waals surface area contributed by atoms with Gasteiger partial charge in [0.05, 0.1) is 26.5 Å². The lowest BCUT2D eigenvalue weighted by atomic mass is 10.1. The van der Waals surface area contributed by atoms with Gasteiger partial charge in [0.25, 0.3) is 0 Å². The smallest absolute Gasteiger partial charge is 0.350 e. The fourth-order valence-electron chi connectivity index (χ4n) is 1.87. The molecule has 0 unspecified atom stereocenters. The van der Waals surface area contributed by atoms with Crippen LogP contribution in [0.15, 0.2) is 23.0 Å². The third kappa shape index (κ3) is 3.08. The number of carbonyl (C=O) groups is 1. The molecule has 2 aromatic rings. The number of hydrogen-bond acceptors (Lipinski definition) is 6. The molecule has 112 valence electrons. The molecule has 2 rings (SSSR count). The van der Waals surface area contributed by atoms with Gasteiger partial charge in [-0.2, -0.15) is 0 Å². The third-order valence-electron chi connectivity index (χ3n) is 2.79. The summed E-state index contributed by atoms with van der Waals surface area (Å²) in [6.45, 7) is 1.94. The molecule has 0 radical (unpaired) electrons. The lowest BCUT2D eigenvalue weighted by molar-refractivity contribution is 0.0532. The van der Waals surface area contributed by atoms with Crippen molar-refractivity contribution in [1.82, 2.24) is 4.98 Å². The third-order valence-corrected chi connectivity index (χ3v) is 3.65. The molecule has 6 nitrogen and oxygen atoms in total. The number of H-pyrrole nitrogens is 1. The Morgan fingerprint density at radius 3 is 2.67 bits per heavy atom. The predicted molar refractivity (Wildman–Crippen MR) is 79.4 cm³/mol. The van der Waals surface area contributed by atoms with E-state index in [1.807, 2.05) is 0 Å². The van der Waals surface area contributed by atoms with Gasteiger partial charge < -0.3 is 19.2 Å². The summed E-state index contributed by atoms with van der Waals surface area (Å²) < 4.78 is 15.4. The molecule has 0 aliphatic heterocycles. The van der Waals surface area contributed by atoms with Gasteiger partial charge in [-0.1, -0.05) is 11.3 Å². The SMILES string of the molecule is CCOC(=O)c1sc(=O)[nH]c1-c1cc(OC)ccc1OC. The summed E-state index contributed by atoms with van der Waals surface area (Å²) in [5.74, 6) is 0.573. The number of methoxy groups -OCH3 is 2. The van der Waals surface area contributed by atoms with E-state index in [2.05, 4.69) is 4.98 Å². The number of ether oxygens (including phenoxy) is 3. The Morgan fingerprint density at radius 2 is 2.05 bits per heavy atom. The van der Waals surface area contributed by atoms with Crippen LogP contribution >= 0.6 is 11.3 Å². The van der Waals surface area contributed by atoms with Gasteiger partial charge >= 0.3 is 10.8 Å². The van der Waals surface area contributed by atoms with Crippen LogP contribution in [-0.4, -0.2) is 31.8 Å². The number of rotatable bonds is 5. The predicted octanol–water partition coefficient (Wildman–Crippen LogP) is 2.30. The molecule has 0 spiro atoms. The fourth-order valence-corrected chi connectivity index (χ4v) is 2.61. The maximum absolute atomic E-state index is 12.0. The number of esters is 1. The van der Waals surface area contributed by atoms with E-state index in [1.54, 1.807) is 25.1 Å². The standard InChI is InChI=1S/C14H15NO5S/c1-4-20-13(16)12-11(15-14(17)21-12)9-7-8(18-2)5-6-10(9)19-3/h5-7H,4H2,1-3H3,(H,15,17). The topological polar surface area (TPSA) is 77.6 Å². The van der Waals surface area contributed by atoms with E-state index < -0.39 is 5.97 Å². The molecular weight excluding hydrogens is 294 g/mol. The second kappa shape index (κ2) is 6.45. The molecule has 1 heterocycles. The second-order valence-corrected chi connectivity index (χ2v) is 4.99. The highest BCUT2D eigenvalue weighted by Crippen LogP contribution is 2.35. The van der Waals surface area contributed by atoms with E-state index in [9.17, 15) is 9.59 Å². The van der Waals surface area contributed by atoms with Gasteiger partial charge in [-0.3, -0.25) is 4.79 Å². The Bertz CT molecular complexity index is 704. The fraction of sp³-hybridized carbons (Fsp3) is 0.286. The van der Waals surface area contributed by atoms with Crippen LogP contribution in [0.25, 0.3) is 11.3 Å². The zero-order chi connectivity index (χ0) is 15.4. The number of carbonyl (C=O) groups excluding carboxylic acids is 1. The van der Waals surface area contributed by atoms with Gasteiger partial charge in [0.2, 0.25) is 0 Å². The van der Waals surface area contributed by atoms with Crippen LogP contribution in [0, 0.1) is 0 Å². The van der Waals surface area contributed by atoms with Crippen molar-refractivity contribution < 1.29 is 19.0 Å². The molecule has 0 aliphatic rings. The maximum atomic E-state index is 12.0. The zero-order valence-corrected chi connectivity index (χ0v) is 12.7. The molecule has 7 heteroatoms. The van der Waals surface area contributed by atoms with Gasteiger partial charge in [-0.05, 0) is 25.1 Å². The molecule has 0 atom stereocenters. The molecule has 1 aromatic heterocycles. The molecular formula is C14H15NO5S. The van der Waals surface area contributed by atoms with E-state index in [0.717, 1.165) is 11.3 Å². The second-order valence-electron chi connectivity index (χ2n) is 4.01. The van der Waals surface area contributed by atoms with Crippen LogP contribution in [0.5, 0.6) is 11.5 Å². The minimum Gasteiger partial charge on any atom is -0.497 e. The van der Waals surface area contributed by atoms with E-state index in [1.165, 1.54) is 14.2 Å². The van der Waals surface area contributed by atoms with Crippen molar-refractivity contribution in [3.8, 4) is 22.8 Å². The van der Waals surface area contributed by atoms with Crippen LogP contribution in [0.2, 0.25) is 0 Å². The molecule has 0 fully saturated rings. The monoisotopic (exact) mass is 309 g/mol. The Balaban J connectivity index is 2.61. The lowest BCUT2D eigenvalue weighted by Crippen LogP contribution is -2.04. The Morgan fingerprint density at radius 1 is 1.29 bits per heavy atom. The van der Waals surface area contributed by atoms with Gasteiger partial charge in [-0.15, -0.1) is 0 Å². The molecule has 1 N–H and O–H groups in total. The van der Waals surface area contributed by atoms with Crippen LogP contribution in [0.3, 0.4) is 0 Å². The summed E-state index contributed by atoms with van der Waals surface area (Å²) in [4.78, 5) is 26.1. The number of benzene rings is 1. The first-order chi connectivity index (χ1) is 10.1. The van der Waals surface area contributed by atoms with Gasteiger partial charge in [0.1, 0.15) is 16.4 Å². The largest absolute Gasteiger partial charge is 0.497 e. The number of nitrogens with one attached hydrogen (secondary N) is 1. The minimum atomic E-state index is -0.541. The molecule has 21 heavy (non-hydrogen) atoms. The molecule has 1 aromatic carbocycles.